The average molecular weight is 526 g/mol. The highest BCUT2D eigenvalue weighted by atomic mass is 35.5. The Labute approximate surface area is 217 Å². The summed E-state index contributed by atoms with van der Waals surface area (Å²) in [5, 5.41) is -0.113. The number of primary amides is 1. The number of halogens is 4. The van der Waals surface area contributed by atoms with Crippen LogP contribution in [0.1, 0.15) is 54.2 Å². The first kappa shape index (κ1) is 24.5. The largest absolute Gasteiger partial charge is 0.366 e. The number of imidazole rings is 1. The summed E-state index contributed by atoms with van der Waals surface area (Å²) in [6.45, 7) is 0. The second-order valence-corrected chi connectivity index (χ2v) is 9.76. The molecule has 0 bridgehead atoms. The van der Waals surface area contributed by atoms with Crippen molar-refractivity contribution in [2.75, 3.05) is 0 Å². The highest BCUT2D eigenvalue weighted by Gasteiger charge is 2.30. The fourth-order valence-electron chi connectivity index (χ4n) is 4.98. The van der Waals surface area contributed by atoms with E-state index in [0.717, 1.165) is 32.1 Å². The smallest absolute Gasteiger partial charge is 0.249 e. The van der Waals surface area contributed by atoms with Gasteiger partial charge in [-0.1, -0.05) is 66.7 Å². The standard InChI is InChI=1S/C28H23Cl2F2N3O/c29-20-11-6-12-23(24(20)32)35-26(17-13-14-22(31)21(30)15-17)25(18-9-4-5-10-19(18)27(33)36)34-28(35)16-7-2-1-3-8-16/h4-6,9-16H,1-3,7-8H2,(H2,33,36). The van der Waals surface area contributed by atoms with Gasteiger partial charge in [-0.3, -0.25) is 9.36 Å². The Balaban J connectivity index is 1.91. The fourth-order valence-corrected chi connectivity index (χ4v) is 5.33. The van der Waals surface area contributed by atoms with Gasteiger partial charge in [0.05, 0.1) is 27.1 Å². The molecule has 0 radical (unpaired) electrons. The highest BCUT2D eigenvalue weighted by molar-refractivity contribution is 6.31. The summed E-state index contributed by atoms with van der Waals surface area (Å²) in [7, 11) is 0. The van der Waals surface area contributed by atoms with Crippen LogP contribution in [0.15, 0.2) is 60.7 Å². The molecule has 1 saturated carbocycles. The predicted molar refractivity (Wildman–Crippen MR) is 139 cm³/mol. The maximum absolute atomic E-state index is 15.6. The SMILES string of the molecule is NC(=O)c1ccccc1-c1nc(C2CCCCC2)n(-c2cccc(Cl)c2F)c1-c1ccc(F)c(Cl)c1. The van der Waals surface area contributed by atoms with Crippen molar-refractivity contribution >= 4 is 29.1 Å². The minimum absolute atomic E-state index is 0.0297. The maximum Gasteiger partial charge on any atom is 0.249 e. The van der Waals surface area contributed by atoms with E-state index < -0.39 is 17.5 Å². The Morgan fingerprint density at radius 1 is 0.944 bits per heavy atom. The number of hydrogen-bond acceptors (Lipinski definition) is 2. The van der Waals surface area contributed by atoms with Crippen LogP contribution in [0.4, 0.5) is 8.78 Å². The lowest BCUT2D eigenvalue weighted by Gasteiger charge is -2.23. The fraction of sp³-hybridized carbons (Fsp3) is 0.214. The number of nitrogens with zero attached hydrogens (tertiary/aromatic N) is 2. The molecule has 1 aliphatic rings. The van der Waals surface area contributed by atoms with Crippen molar-refractivity contribution in [3.05, 3.63) is 93.7 Å². The van der Waals surface area contributed by atoms with E-state index in [1.165, 1.54) is 18.2 Å². The average Bonchev–Trinajstić information content (AvgIpc) is 3.28. The maximum atomic E-state index is 15.6. The van der Waals surface area contributed by atoms with Gasteiger partial charge in [-0.2, -0.15) is 0 Å². The number of carbonyl (C=O) groups is 1. The Bertz CT molecular complexity index is 1460. The van der Waals surface area contributed by atoms with Crippen molar-refractivity contribution < 1.29 is 13.6 Å². The quantitative estimate of drug-likeness (QED) is 0.287. The van der Waals surface area contributed by atoms with Crippen molar-refractivity contribution in [3.8, 4) is 28.2 Å². The highest BCUT2D eigenvalue weighted by Crippen LogP contribution is 2.43. The van der Waals surface area contributed by atoms with Crippen LogP contribution in [0.3, 0.4) is 0 Å². The first-order chi connectivity index (χ1) is 17.4. The van der Waals surface area contributed by atoms with E-state index in [4.69, 9.17) is 33.9 Å². The molecule has 1 heterocycles. The number of carbonyl (C=O) groups excluding carboxylic acids is 1. The van der Waals surface area contributed by atoms with Crippen molar-refractivity contribution in [2.45, 2.75) is 38.0 Å². The molecule has 0 saturated heterocycles. The first-order valence-electron chi connectivity index (χ1n) is 11.8. The van der Waals surface area contributed by atoms with Gasteiger partial charge in [0.25, 0.3) is 0 Å². The second-order valence-electron chi connectivity index (χ2n) is 8.95. The number of hydrogen-bond donors (Lipinski definition) is 1. The van der Waals surface area contributed by atoms with E-state index in [1.807, 2.05) is 0 Å². The zero-order valence-electron chi connectivity index (χ0n) is 19.3. The van der Waals surface area contributed by atoms with Crippen LogP contribution in [0.2, 0.25) is 10.0 Å². The van der Waals surface area contributed by atoms with Gasteiger partial charge < -0.3 is 5.73 Å². The van der Waals surface area contributed by atoms with Crippen molar-refractivity contribution in [2.24, 2.45) is 5.73 Å². The van der Waals surface area contributed by atoms with E-state index in [-0.39, 0.29) is 27.2 Å². The van der Waals surface area contributed by atoms with Gasteiger partial charge in [-0.15, -0.1) is 0 Å². The van der Waals surface area contributed by atoms with E-state index in [1.54, 1.807) is 47.0 Å². The molecular weight excluding hydrogens is 503 g/mol. The Morgan fingerprint density at radius 3 is 2.42 bits per heavy atom. The van der Waals surface area contributed by atoms with Gasteiger partial charge in [0.2, 0.25) is 5.91 Å². The van der Waals surface area contributed by atoms with E-state index in [2.05, 4.69) is 0 Å². The molecule has 1 fully saturated rings. The zero-order valence-corrected chi connectivity index (χ0v) is 20.8. The van der Waals surface area contributed by atoms with E-state index in [9.17, 15) is 9.18 Å². The third-order valence-electron chi connectivity index (χ3n) is 6.69. The molecule has 5 rings (SSSR count). The molecule has 0 atom stereocenters. The summed E-state index contributed by atoms with van der Waals surface area (Å²) in [6, 6.07) is 16.0. The molecule has 2 N–H and O–H groups in total. The summed E-state index contributed by atoms with van der Waals surface area (Å²) in [4.78, 5) is 17.4. The number of nitrogens with two attached hydrogens (primary N) is 1. The molecule has 8 heteroatoms. The molecule has 0 unspecified atom stereocenters. The molecule has 1 aliphatic carbocycles. The van der Waals surface area contributed by atoms with E-state index in [0.29, 0.717) is 28.3 Å². The molecule has 0 aliphatic heterocycles. The summed E-state index contributed by atoms with van der Waals surface area (Å²) in [5.41, 5.74) is 8.13. The van der Waals surface area contributed by atoms with Crippen molar-refractivity contribution in [3.63, 3.8) is 0 Å². The number of amides is 1. The molecule has 3 aromatic carbocycles. The third-order valence-corrected chi connectivity index (χ3v) is 7.27. The third kappa shape index (κ3) is 4.40. The van der Waals surface area contributed by atoms with Gasteiger partial charge in [0, 0.05) is 22.6 Å². The lowest BCUT2D eigenvalue weighted by Crippen LogP contribution is -2.13. The van der Waals surface area contributed by atoms with Gasteiger partial charge in [0.15, 0.2) is 5.82 Å². The van der Waals surface area contributed by atoms with Gasteiger partial charge >= 0.3 is 0 Å². The van der Waals surface area contributed by atoms with Gasteiger partial charge in [-0.25, -0.2) is 13.8 Å². The summed E-state index contributed by atoms with van der Waals surface area (Å²) in [6.07, 6.45) is 4.96. The van der Waals surface area contributed by atoms with Crippen molar-refractivity contribution in [1.29, 1.82) is 0 Å². The molecule has 0 spiro atoms. The molecule has 184 valence electrons. The molecular formula is C28H23Cl2F2N3O. The van der Waals surface area contributed by atoms with Crippen LogP contribution < -0.4 is 5.73 Å². The minimum atomic E-state index is -0.614. The predicted octanol–water partition coefficient (Wildman–Crippen LogP) is 7.94. The molecule has 1 amide bonds. The minimum Gasteiger partial charge on any atom is -0.366 e. The summed E-state index contributed by atoms with van der Waals surface area (Å²) in [5.74, 6) is -1.08. The monoisotopic (exact) mass is 525 g/mol. The van der Waals surface area contributed by atoms with Crippen LogP contribution in [-0.4, -0.2) is 15.5 Å². The number of aromatic nitrogens is 2. The van der Waals surface area contributed by atoms with Gasteiger partial charge in [-0.05, 0) is 49.2 Å². The number of rotatable bonds is 5. The Morgan fingerprint density at radius 2 is 1.69 bits per heavy atom. The Kier molecular flexibility index (Phi) is 6.82. The van der Waals surface area contributed by atoms with Crippen LogP contribution >= 0.6 is 23.2 Å². The summed E-state index contributed by atoms with van der Waals surface area (Å²) < 4.78 is 31.4. The normalized spacial score (nSPS) is 14.2. The van der Waals surface area contributed by atoms with Crippen molar-refractivity contribution in [1.82, 2.24) is 9.55 Å². The molecule has 36 heavy (non-hydrogen) atoms. The molecule has 4 nitrogen and oxygen atoms in total. The zero-order chi connectivity index (χ0) is 25.4. The lowest BCUT2D eigenvalue weighted by molar-refractivity contribution is 0.100. The van der Waals surface area contributed by atoms with Gasteiger partial charge in [0.1, 0.15) is 11.6 Å². The van der Waals surface area contributed by atoms with Crippen LogP contribution in [0.25, 0.3) is 28.2 Å². The molecule has 4 aromatic rings. The lowest BCUT2D eigenvalue weighted by atomic mass is 9.88. The van der Waals surface area contributed by atoms with E-state index >= 15 is 4.39 Å². The second kappa shape index (κ2) is 10.0. The number of benzene rings is 3. The Hall–Kier alpha value is -3.22. The van der Waals surface area contributed by atoms with Crippen LogP contribution in [0.5, 0.6) is 0 Å². The van der Waals surface area contributed by atoms with Crippen LogP contribution in [-0.2, 0) is 0 Å². The summed E-state index contributed by atoms with van der Waals surface area (Å²) >= 11 is 12.4. The topological polar surface area (TPSA) is 60.9 Å². The van der Waals surface area contributed by atoms with Crippen LogP contribution in [0, 0.1) is 11.6 Å². The molecule has 1 aromatic heterocycles. The first-order valence-corrected chi connectivity index (χ1v) is 12.5.